The number of carbonyl (C=O) groups is 9. The molecule has 3 aromatic carbocycles. The lowest BCUT2D eigenvalue weighted by Gasteiger charge is -2.29. The highest BCUT2D eigenvalue weighted by Crippen LogP contribution is 2.16. The van der Waals surface area contributed by atoms with Crippen LogP contribution in [0.4, 0.5) is 0 Å². The molecule has 0 fully saturated rings. The van der Waals surface area contributed by atoms with Crippen LogP contribution in [-0.4, -0.2) is 139 Å². The molecule has 1 aromatic heterocycles. The van der Waals surface area contributed by atoms with Crippen LogP contribution in [0.5, 0.6) is 5.75 Å². The first-order valence-electron chi connectivity index (χ1n) is 26.8. The fourth-order valence-corrected chi connectivity index (χ4v) is 8.49. The maximum atomic E-state index is 14.5. The first kappa shape index (κ1) is 64.3. The molecule has 0 radical (unpaired) electrons. The fourth-order valence-electron chi connectivity index (χ4n) is 8.49. The van der Waals surface area contributed by atoms with Gasteiger partial charge in [0.2, 0.25) is 47.3 Å². The number of nitrogens with zero attached hydrogens (tertiary/aromatic N) is 1. The summed E-state index contributed by atoms with van der Waals surface area (Å²) in [6.07, 6.45) is 1.52. The third-order valence-electron chi connectivity index (χ3n) is 13.4. The van der Waals surface area contributed by atoms with E-state index >= 15 is 0 Å². The standard InChI is InChI=1S/C57H79N11O12/c1-9-33(6)47(55(77)66-46(32(4)5)57(79)80)67-53(75)44(27-38-20-22-40(70)23-21-38)62-49(71)34(7)61-56(78)48(35(8)69)68-54(76)45(28-39-29-59-30-60-39)65-52(74)43(26-37-18-14-11-15-19-37)64-51(73)42(24-31(2)3)63-50(72)41(58)25-36-16-12-10-13-17-36/h10-23,29-35,41-48,69-70H,9,24-28,58H2,1-8H3,(H,59,60)(H,61,78)(H,62,71)(H,63,72)(H,64,73)(H,65,74)(H,66,77)(H,67,75)(H,68,76)(H,79,80). The maximum absolute atomic E-state index is 14.5. The van der Waals surface area contributed by atoms with E-state index in [1.165, 1.54) is 50.6 Å². The summed E-state index contributed by atoms with van der Waals surface area (Å²) < 4.78 is 0. The number of aromatic amines is 1. The molecule has 23 heteroatoms. The van der Waals surface area contributed by atoms with Gasteiger partial charge in [-0.3, -0.25) is 38.4 Å². The van der Waals surface area contributed by atoms with E-state index in [0.717, 1.165) is 5.56 Å². The number of carbonyl (C=O) groups excluding carboxylic acids is 8. The Labute approximate surface area is 466 Å². The molecule has 0 aliphatic rings. The topological polar surface area (TPSA) is 365 Å². The van der Waals surface area contributed by atoms with E-state index in [2.05, 4.69) is 52.5 Å². The van der Waals surface area contributed by atoms with Crippen LogP contribution in [0.25, 0.3) is 0 Å². The average Bonchev–Trinajstić information content (AvgIpc) is 3.93. The zero-order valence-electron chi connectivity index (χ0n) is 46.5. The number of nitrogens with two attached hydrogens (primary N) is 1. The molecule has 14 N–H and O–H groups in total. The van der Waals surface area contributed by atoms with Crippen molar-refractivity contribution in [2.75, 3.05) is 0 Å². The van der Waals surface area contributed by atoms with Crippen molar-refractivity contribution in [1.29, 1.82) is 0 Å². The number of nitrogens with one attached hydrogen (secondary N) is 9. The molecule has 0 spiro atoms. The van der Waals surface area contributed by atoms with Crippen molar-refractivity contribution in [2.45, 2.75) is 154 Å². The largest absolute Gasteiger partial charge is 0.508 e. The quantitative estimate of drug-likeness (QED) is 0.0332. The summed E-state index contributed by atoms with van der Waals surface area (Å²) in [7, 11) is 0. The summed E-state index contributed by atoms with van der Waals surface area (Å²) in [6.45, 7) is 12.9. The van der Waals surface area contributed by atoms with Crippen molar-refractivity contribution in [2.24, 2.45) is 23.5 Å². The minimum absolute atomic E-state index is 0.0535. The third-order valence-corrected chi connectivity index (χ3v) is 13.4. The summed E-state index contributed by atoms with van der Waals surface area (Å²) in [5.74, 6) is -8.96. The van der Waals surface area contributed by atoms with Crippen molar-refractivity contribution in [3.8, 4) is 5.75 Å². The van der Waals surface area contributed by atoms with Gasteiger partial charge in [0.15, 0.2) is 0 Å². The normalized spacial score (nSPS) is 15.4. The predicted molar refractivity (Wildman–Crippen MR) is 297 cm³/mol. The monoisotopic (exact) mass is 1110 g/mol. The second kappa shape index (κ2) is 31.4. The van der Waals surface area contributed by atoms with Gasteiger partial charge in [0, 0.05) is 31.2 Å². The molecule has 0 aliphatic carbocycles. The molecule has 11 unspecified atom stereocenters. The zero-order valence-corrected chi connectivity index (χ0v) is 46.5. The van der Waals surface area contributed by atoms with E-state index in [1.54, 1.807) is 58.0 Å². The number of hydrogen-bond acceptors (Lipinski definition) is 13. The first-order valence-corrected chi connectivity index (χ1v) is 26.8. The predicted octanol–water partition coefficient (Wildman–Crippen LogP) is 0.825. The van der Waals surface area contributed by atoms with Gasteiger partial charge in [0.25, 0.3) is 0 Å². The van der Waals surface area contributed by atoms with Gasteiger partial charge in [0.1, 0.15) is 54.1 Å². The van der Waals surface area contributed by atoms with Crippen LogP contribution in [0.15, 0.2) is 97.5 Å². The van der Waals surface area contributed by atoms with Crippen LogP contribution >= 0.6 is 0 Å². The molecule has 1 heterocycles. The number of carboxylic acids is 1. The lowest BCUT2D eigenvalue weighted by Crippen LogP contribution is -2.62. The van der Waals surface area contributed by atoms with Crippen LogP contribution in [-0.2, 0) is 68.8 Å². The van der Waals surface area contributed by atoms with Gasteiger partial charge >= 0.3 is 5.97 Å². The summed E-state index contributed by atoms with van der Waals surface area (Å²) in [6, 6.07) is 11.7. The fraction of sp³-hybridized carbons (Fsp3) is 0.474. The summed E-state index contributed by atoms with van der Waals surface area (Å²) in [4.78, 5) is 131. The van der Waals surface area contributed by atoms with Gasteiger partial charge in [-0.2, -0.15) is 0 Å². The third kappa shape index (κ3) is 20.6. The van der Waals surface area contributed by atoms with E-state index in [1.807, 2.05) is 44.2 Å². The smallest absolute Gasteiger partial charge is 0.326 e. The Morgan fingerprint density at radius 3 is 1.46 bits per heavy atom. The van der Waals surface area contributed by atoms with Gasteiger partial charge in [-0.15, -0.1) is 0 Å². The first-order chi connectivity index (χ1) is 37.9. The van der Waals surface area contributed by atoms with E-state index in [9.17, 15) is 58.5 Å². The Morgan fingerprint density at radius 1 is 0.525 bits per heavy atom. The van der Waals surface area contributed by atoms with Gasteiger partial charge in [0.05, 0.1) is 18.5 Å². The molecule has 4 rings (SSSR count). The molecule has 0 saturated carbocycles. The second-order valence-electron chi connectivity index (χ2n) is 20.9. The highest BCUT2D eigenvalue weighted by atomic mass is 16.4. The van der Waals surface area contributed by atoms with Gasteiger partial charge in [-0.05, 0) is 73.3 Å². The van der Waals surface area contributed by atoms with Crippen LogP contribution in [0.3, 0.4) is 0 Å². The molecule has 0 aliphatic heterocycles. The number of amides is 8. The van der Waals surface area contributed by atoms with Crippen LogP contribution in [0, 0.1) is 17.8 Å². The molecular weight excluding hydrogens is 1030 g/mol. The van der Waals surface area contributed by atoms with Crippen molar-refractivity contribution >= 4 is 53.2 Å². The Kier molecular flexibility index (Phi) is 25.3. The van der Waals surface area contributed by atoms with Crippen molar-refractivity contribution < 1.29 is 58.5 Å². The number of H-pyrrole nitrogens is 1. The summed E-state index contributed by atoms with van der Waals surface area (Å²) >= 11 is 0. The summed E-state index contributed by atoms with van der Waals surface area (Å²) in [5.41, 5.74) is 8.61. The molecule has 0 bridgehead atoms. The number of hydrogen-bond donors (Lipinski definition) is 13. The number of aromatic hydroxyl groups is 1. The maximum Gasteiger partial charge on any atom is 0.326 e. The zero-order chi connectivity index (χ0) is 59.2. The highest BCUT2D eigenvalue weighted by molar-refractivity contribution is 5.98. The number of aliphatic carboxylic acids is 1. The Balaban J connectivity index is 1.55. The Morgan fingerprint density at radius 2 is 0.975 bits per heavy atom. The number of rotatable bonds is 31. The van der Waals surface area contributed by atoms with Crippen LogP contribution in [0.1, 0.15) is 90.6 Å². The number of aromatic nitrogens is 2. The Hall–Kier alpha value is -8.18. The molecule has 8 amide bonds. The molecular formula is C57H79N11O12. The van der Waals surface area contributed by atoms with E-state index in [-0.39, 0.29) is 43.8 Å². The van der Waals surface area contributed by atoms with Crippen molar-refractivity contribution in [3.05, 3.63) is 120 Å². The molecule has 23 nitrogen and oxygen atoms in total. The van der Waals surface area contributed by atoms with E-state index < -0.39 is 126 Å². The number of imidazole rings is 1. The molecule has 0 saturated heterocycles. The van der Waals surface area contributed by atoms with Gasteiger partial charge in [-0.25, -0.2) is 9.78 Å². The van der Waals surface area contributed by atoms with E-state index in [0.29, 0.717) is 23.2 Å². The number of aliphatic hydroxyl groups is 1. The number of benzene rings is 3. The summed E-state index contributed by atoms with van der Waals surface area (Å²) in [5, 5.41) is 51.5. The van der Waals surface area contributed by atoms with Crippen LogP contribution in [0.2, 0.25) is 0 Å². The second-order valence-corrected chi connectivity index (χ2v) is 20.9. The SMILES string of the molecule is CCC(C)C(NC(=O)C(Cc1ccc(O)cc1)NC(=O)C(C)NC(=O)C(NC(=O)C(Cc1cnc[nH]1)NC(=O)C(Cc1ccccc1)NC(=O)C(CC(C)C)NC(=O)C(N)Cc1ccccc1)C(C)O)C(=O)NC(C(=O)O)C(C)C. The molecule has 11 atom stereocenters. The minimum Gasteiger partial charge on any atom is -0.508 e. The van der Waals surface area contributed by atoms with Gasteiger partial charge in [-0.1, -0.05) is 121 Å². The number of phenols is 1. The number of aliphatic hydroxyl groups excluding tert-OH is 1. The average molecular weight is 1110 g/mol. The van der Waals surface area contributed by atoms with E-state index in [4.69, 9.17) is 5.73 Å². The van der Waals surface area contributed by atoms with Crippen molar-refractivity contribution in [3.63, 3.8) is 0 Å². The van der Waals surface area contributed by atoms with Crippen molar-refractivity contribution in [1.82, 2.24) is 52.5 Å². The number of carboxylic acid groups (broad SMARTS) is 1. The molecule has 4 aromatic rings. The highest BCUT2D eigenvalue weighted by Gasteiger charge is 2.37. The molecule has 434 valence electrons. The molecule has 80 heavy (non-hydrogen) atoms. The lowest BCUT2D eigenvalue weighted by atomic mass is 9.96. The van der Waals surface area contributed by atoms with Gasteiger partial charge < -0.3 is 68.6 Å². The minimum atomic E-state index is -1.74. The number of phenolic OH excluding ortho intramolecular Hbond substituents is 1. The Bertz CT molecular complexity index is 2670. The lowest BCUT2D eigenvalue weighted by molar-refractivity contribution is -0.144. The van der Waals surface area contributed by atoms with Crippen LogP contribution < -0.4 is 48.3 Å².